The summed E-state index contributed by atoms with van der Waals surface area (Å²) in [6.07, 6.45) is 6.95. The second kappa shape index (κ2) is 7.87. The third kappa shape index (κ3) is 4.08. The standard InChI is InChI=1S/C22H24O2/c1-15(2)13-14-20-17(4)21(23)16(3)19(22(20)24)12-8-11-18-9-6-5-7-10-18/h5-11,13H,12,14H2,1-4H3/b11-8+. The lowest BCUT2D eigenvalue weighted by molar-refractivity contribution is -0.116. The maximum absolute atomic E-state index is 12.8. The molecular formula is C22H24O2. The van der Waals surface area contributed by atoms with Crippen LogP contribution in [0.4, 0.5) is 0 Å². The number of carbonyl (C=O) groups is 2. The average Bonchev–Trinajstić information content (AvgIpc) is 2.57. The largest absolute Gasteiger partial charge is 0.289 e. The molecule has 0 bridgehead atoms. The molecule has 2 heteroatoms. The molecule has 2 nitrogen and oxygen atoms in total. The Labute approximate surface area is 144 Å². The summed E-state index contributed by atoms with van der Waals surface area (Å²) in [5.41, 5.74) is 4.65. The Kier molecular flexibility index (Phi) is 5.86. The number of hydrogen-bond acceptors (Lipinski definition) is 2. The molecule has 1 aromatic rings. The van der Waals surface area contributed by atoms with Gasteiger partial charge in [0.05, 0.1) is 0 Å². The average molecular weight is 320 g/mol. The van der Waals surface area contributed by atoms with Crippen molar-refractivity contribution in [2.45, 2.75) is 40.5 Å². The molecule has 0 N–H and O–H groups in total. The third-order valence-electron chi connectivity index (χ3n) is 4.28. The Balaban J connectivity index is 2.23. The minimum atomic E-state index is -0.00475. The van der Waals surface area contributed by atoms with Gasteiger partial charge in [-0.25, -0.2) is 0 Å². The minimum absolute atomic E-state index is 0.00475. The van der Waals surface area contributed by atoms with Crippen LogP contribution in [0.25, 0.3) is 6.08 Å². The number of hydrogen-bond donors (Lipinski definition) is 0. The molecule has 0 aliphatic heterocycles. The molecule has 0 fully saturated rings. The Bertz CT molecular complexity index is 767. The molecule has 1 aromatic carbocycles. The van der Waals surface area contributed by atoms with Crippen LogP contribution in [0.2, 0.25) is 0 Å². The number of allylic oxidation sites excluding steroid dienone is 7. The molecule has 0 amide bonds. The third-order valence-corrected chi connectivity index (χ3v) is 4.28. The van der Waals surface area contributed by atoms with Crippen LogP contribution in [0.3, 0.4) is 0 Å². The fourth-order valence-corrected chi connectivity index (χ4v) is 2.75. The number of rotatable bonds is 5. The van der Waals surface area contributed by atoms with Crippen molar-refractivity contribution in [2.24, 2.45) is 0 Å². The molecule has 0 unspecified atom stereocenters. The SMILES string of the molecule is CC(C)=CCC1=C(C)C(=O)C(C)=C(C/C=C/c2ccccc2)C1=O. The van der Waals surface area contributed by atoms with Crippen LogP contribution >= 0.6 is 0 Å². The van der Waals surface area contributed by atoms with Gasteiger partial charge in [0.25, 0.3) is 0 Å². The molecule has 1 aliphatic rings. The first kappa shape index (κ1) is 17.9. The van der Waals surface area contributed by atoms with Gasteiger partial charge in [0, 0.05) is 22.3 Å². The van der Waals surface area contributed by atoms with Crippen LogP contribution in [-0.2, 0) is 9.59 Å². The van der Waals surface area contributed by atoms with Gasteiger partial charge < -0.3 is 0 Å². The van der Waals surface area contributed by atoms with Crippen molar-refractivity contribution in [3.05, 3.63) is 75.9 Å². The van der Waals surface area contributed by atoms with Gasteiger partial charge in [0.1, 0.15) is 0 Å². The van der Waals surface area contributed by atoms with Crippen LogP contribution in [0.15, 0.2) is 70.3 Å². The van der Waals surface area contributed by atoms with Crippen molar-refractivity contribution in [1.82, 2.24) is 0 Å². The molecule has 0 aromatic heterocycles. The molecule has 0 radical (unpaired) electrons. The van der Waals surface area contributed by atoms with Gasteiger partial charge in [0.15, 0.2) is 11.6 Å². The van der Waals surface area contributed by atoms with Crippen LogP contribution < -0.4 is 0 Å². The number of ketones is 2. The smallest absolute Gasteiger partial charge is 0.186 e. The maximum atomic E-state index is 12.8. The van der Waals surface area contributed by atoms with Crippen molar-refractivity contribution >= 4 is 17.6 Å². The van der Waals surface area contributed by atoms with Crippen molar-refractivity contribution in [3.63, 3.8) is 0 Å². The zero-order valence-electron chi connectivity index (χ0n) is 14.8. The summed E-state index contributed by atoms with van der Waals surface area (Å²) in [5.74, 6) is 0.00896. The number of Topliss-reactive ketones (excluding diaryl/α,β-unsaturated/α-hetero) is 2. The van der Waals surface area contributed by atoms with Crippen molar-refractivity contribution in [3.8, 4) is 0 Å². The summed E-state index contributed by atoms with van der Waals surface area (Å²) in [6.45, 7) is 7.51. The van der Waals surface area contributed by atoms with Crippen molar-refractivity contribution in [2.75, 3.05) is 0 Å². The molecule has 0 saturated carbocycles. The zero-order valence-corrected chi connectivity index (χ0v) is 14.8. The summed E-state index contributed by atoms with van der Waals surface area (Å²) in [4.78, 5) is 25.3. The van der Waals surface area contributed by atoms with Gasteiger partial charge >= 0.3 is 0 Å². The van der Waals surface area contributed by atoms with Gasteiger partial charge in [-0.1, -0.05) is 54.1 Å². The first-order chi connectivity index (χ1) is 11.4. The fourth-order valence-electron chi connectivity index (χ4n) is 2.75. The van der Waals surface area contributed by atoms with Crippen molar-refractivity contribution < 1.29 is 9.59 Å². The molecule has 0 heterocycles. The summed E-state index contributed by atoms with van der Waals surface area (Å²) in [7, 11) is 0. The molecular weight excluding hydrogens is 296 g/mol. The lowest BCUT2D eigenvalue weighted by Gasteiger charge is -2.19. The second-order valence-corrected chi connectivity index (χ2v) is 6.37. The molecule has 124 valence electrons. The van der Waals surface area contributed by atoms with Crippen LogP contribution in [0, 0.1) is 0 Å². The van der Waals surface area contributed by atoms with E-state index in [2.05, 4.69) is 0 Å². The summed E-state index contributed by atoms with van der Waals surface area (Å²) < 4.78 is 0. The minimum Gasteiger partial charge on any atom is -0.289 e. The predicted molar refractivity (Wildman–Crippen MR) is 99.6 cm³/mol. The molecule has 2 rings (SSSR count). The lowest BCUT2D eigenvalue weighted by atomic mass is 9.82. The Hall–Kier alpha value is -2.48. The summed E-state index contributed by atoms with van der Waals surface area (Å²) in [5, 5.41) is 0. The van der Waals surface area contributed by atoms with E-state index in [9.17, 15) is 9.59 Å². The number of benzene rings is 1. The Morgan fingerprint density at radius 3 is 2.04 bits per heavy atom. The van der Waals surface area contributed by atoms with E-state index >= 15 is 0 Å². The van der Waals surface area contributed by atoms with Gasteiger partial charge in [-0.3, -0.25) is 9.59 Å². The van der Waals surface area contributed by atoms with Gasteiger partial charge in [-0.05, 0) is 46.1 Å². The molecule has 24 heavy (non-hydrogen) atoms. The monoisotopic (exact) mass is 320 g/mol. The van der Waals surface area contributed by atoms with E-state index in [0.29, 0.717) is 35.1 Å². The highest BCUT2D eigenvalue weighted by Crippen LogP contribution is 2.29. The first-order valence-corrected chi connectivity index (χ1v) is 8.25. The highest BCUT2D eigenvalue weighted by molar-refractivity contribution is 6.25. The van der Waals surface area contributed by atoms with Crippen LogP contribution in [-0.4, -0.2) is 11.6 Å². The lowest BCUT2D eigenvalue weighted by Crippen LogP contribution is -2.21. The quantitative estimate of drug-likeness (QED) is 0.550. The van der Waals surface area contributed by atoms with Gasteiger partial charge in [0.2, 0.25) is 0 Å². The maximum Gasteiger partial charge on any atom is 0.186 e. The topological polar surface area (TPSA) is 34.1 Å². The second-order valence-electron chi connectivity index (χ2n) is 6.37. The van der Waals surface area contributed by atoms with E-state index in [0.717, 1.165) is 11.1 Å². The zero-order chi connectivity index (χ0) is 17.7. The molecule has 0 saturated heterocycles. The van der Waals surface area contributed by atoms with Gasteiger partial charge in [-0.2, -0.15) is 0 Å². The predicted octanol–water partition coefficient (Wildman–Crippen LogP) is 5.23. The summed E-state index contributed by atoms with van der Waals surface area (Å²) >= 11 is 0. The van der Waals surface area contributed by atoms with E-state index in [1.807, 2.05) is 62.4 Å². The summed E-state index contributed by atoms with van der Waals surface area (Å²) in [6, 6.07) is 9.94. The highest BCUT2D eigenvalue weighted by Gasteiger charge is 2.28. The van der Waals surface area contributed by atoms with Crippen molar-refractivity contribution in [1.29, 1.82) is 0 Å². The molecule has 1 aliphatic carbocycles. The molecule has 0 atom stereocenters. The van der Waals surface area contributed by atoms with Crippen LogP contribution in [0.1, 0.15) is 46.1 Å². The van der Waals surface area contributed by atoms with E-state index in [1.165, 1.54) is 0 Å². The van der Waals surface area contributed by atoms with E-state index in [-0.39, 0.29) is 11.6 Å². The highest BCUT2D eigenvalue weighted by atomic mass is 16.1. The first-order valence-electron chi connectivity index (χ1n) is 8.25. The van der Waals surface area contributed by atoms with E-state index in [4.69, 9.17) is 0 Å². The number of carbonyl (C=O) groups excluding carboxylic acids is 2. The van der Waals surface area contributed by atoms with E-state index in [1.54, 1.807) is 13.8 Å². The Morgan fingerprint density at radius 1 is 0.875 bits per heavy atom. The fraction of sp³-hybridized carbons (Fsp3) is 0.273. The van der Waals surface area contributed by atoms with E-state index < -0.39 is 0 Å². The normalized spacial score (nSPS) is 15.5. The Morgan fingerprint density at radius 2 is 1.46 bits per heavy atom. The molecule has 0 spiro atoms. The van der Waals surface area contributed by atoms with Gasteiger partial charge in [-0.15, -0.1) is 0 Å². The van der Waals surface area contributed by atoms with Crippen LogP contribution in [0.5, 0.6) is 0 Å².